The van der Waals surface area contributed by atoms with E-state index in [9.17, 15) is 4.39 Å². The summed E-state index contributed by atoms with van der Waals surface area (Å²) >= 11 is 0. The van der Waals surface area contributed by atoms with Gasteiger partial charge < -0.3 is 0 Å². The van der Waals surface area contributed by atoms with Crippen LogP contribution in [0.1, 0.15) is 112 Å². The molecule has 0 aromatic heterocycles. The van der Waals surface area contributed by atoms with Crippen molar-refractivity contribution in [2.24, 2.45) is 17.8 Å². The highest BCUT2D eigenvalue weighted by Gasteiger charge is 2.30. The molecule has 5 rings (SSSR count). The summed E-state index contributed by atoms with van der Waals surface area (Å²) in [7, 11) is 0. The summed E-state index contributed by atoms with van der Waals surface area (Å²) in [5.74, 6) is 3.00. The van der Waals surface area contributed by atoms with Crippen molar-refractivity contribution >= 4 is 5.57 Å². The van der Waals surface area contributed by atoms with E-state index in [1.54, 1.807) is 6.07 Å². The lowest BCUT2D eigenvalue weighted by molar-refractivity contribution is 0.220. The number of allylic oxidation sites excluding steroid dienone is 3. The topological polar surface area (TPSA) is 0 Å². The van der Waals surface area contributed by atoms with E-state index in [0.29, 0.717) is 23.7 Å². The van der Waals surface area contributed by atoms with Crippen LogP contribution in [-0.4, -0.2) is 0 Å². The third-order valence-electron chi connectivity index (χ3n) is 9.74. The maximum absolute atomic E-state index is 15.2. The highest BCUT2D eigenvalue weighted by molar-refractivity contribution is 5.67. The lowest BCUT2D eigenvalue weighted by Gasteiger charge is -2.36. The zero-order valence-electron chi connectivity index (χ0n) is 22.0. The van der Waals surface area contributed by atoms with Crippen molar-refractivity contribution in [2.45, 2.75) is 95.8 Å². The fourth-order valence-electron chi connectivity index (χ4n) is 7.29. The fourth-order valence-corrected chi connectivity index (χ4v) is 7.29. The van der Waals surface area contributed by atoms with Gasteiger partial charge in [0.15, 0.2) is 0 Å². The Morgan fingerprint density at radius 3 is 1.97 bits per heavy atom. The Labute approximate surface area is 216 Å². The Hall–Kier alpha value is -2.22. The molecule has 2 aromatic carbocycles. The van der Waals surface area contributed by atoms with Gasteiger partial charge in [0.05, 0.1) is 0 Å². The minimum atomic E-state index is -0.0394. The van der Waals surface area contributed by atoms with Gasteiger partial charge in [0, 0.05) is 5.56 Å². The molecule has 192 valence electrons. The van der Waals surface area contributed by atoms with Crippen molar-refractivity contribution in [1.29, 1.82) is 0 Å². The minimum absolute atomic E-state index is 0.0372. The highest BCUT2D eigenvalue weighted by atomic mass is 19.1. The van der Waals surface area contributed by atoms with Gasteiger partial charge in [-0.15, -0.1) is 6.58 Å². The molecule has 1 unspecified atom stereocenters. The number of hydrogen-bond acceptors (Lipinski definition) is 0. The average molecular weight is 489 g/mol. The van der Waals surface area contributed by atoms with Crippen LogP contribution in [0.2, 0.25) is 0 Å². The first kappa shape index (κ1) is 25.4. The van der Waals surface area contributed by atoms with Crippen LogP contribution in [0.4, 0.5) is 8.78 Å². The SMILES string of the molecule is C=CC1CCC(c2ccc(C3=CCC(C4CCC(c5ccc(CC)c(F)c5)CC4)CC3)c(F)c2)CC1. The number of benzene rings is 2. The maximum atomic E-state index is 15.2. The smallest absolute Gasteiger partial charge is 0.130 e. The molecule has 0 radical (unpaired) electrons. The largest absolute Gasteiger partial charge is 0.207 e. The van der Waals surface area contributed by atoms with Crippen molar-refractivity contribution in [1.82, 2.24) is 0 Å². The van der Waals surface area contributed by atoms with Crippen LogP contribution in [0.15, 0.2) is 55.1 Å². The first-order valence-electron chi connectivity index (χ1n) is 14.4. The molecule has 0 bridgehead atoms. The second-order valence-corrected chi connectivity index (χ2v) is 11.7. The maximum Gasteiger partial charge on any atom is 0.130 e. The Kier molecular flexibility index (Phi) is 8.09. The second-order valence-electron chi connectivity index (χ2n) is 11.7. The summed E-state index contributed by atoms with van der Waals surface area (Å²) < 4.78 is 29.5. The standard InChI is InChI=1S/C34H42F2/c1-3-23-5-7-27(8-6-23)31-19-20-32(34(36)22-31)29-16-14-26(15-17-29)25-10-12-28(13-11-25)30-18-9-24(4-2)33(35)21-30/h3,9,16,18-23,25-28H,1,4-8,10-15,17H2,2H3. The lowest BCUT2D eigenvalue weighted by Crippen LogP contribution is -2.22. The number of rotatable bonds is 6. The first-order valence-corrected chi connectivity index (χ1v) is 14.4. The molecule has 0 aliphatic heterocycles. The molecule has 2 heteroatoms. The summed E-state index contributed by atoms with van der Waals surface area (Å²) in [5, 5.41) is 0. The summed E-state index contributed by atoms with van der Waals surface area (Å²) in [6.07, 6.45) is 17.8. The molecule has 1 atom stereocenters. The molecule has 2 aromatic rings. The molecule has 0 heterocycles. The predicted octanol–water partition coefficient (Wildman–Crippen LogP) is 10.1. The van der Waals surface area contributed by atoms with E-state index >= 15 is 4.39 Å². The van der Waals surface area contributed by atoms with Gasteiger partial charge in [0.1, 0.15) is 11.6 Å². The average Bonchev–Trinajstić information content (AvgIpc) is 2.93. The molecule has 3 aliphatic rings. The van der Waals surface area contributed by atoms with Crippen LogP contribution >= 0.6 is 0 Å². The van der Waals surface area contributed by atoms with E-state index in [1.165, 1.54) is 42.4 Å². The van der Waals surface area contributed by atoms with Gasteiger partial charge in [-0.25, -0.2) is 8.78 Å². The zero-order valence-corrected chi connectivity index (χ0v) is 22.0. The third kappa shape index (κ3) is 5.53. The molecule has 0 spiro atoms. The van der Waals surface area contributed by atoms with Gasteiger partial charge in [-0.1, -0.05) is 43.3 Å². The lowest BCUT2D eigenvalue weighted by atomic mass is 9.70. The molecule has 0 saturated heterocycles. The van der Waals surface area contributed by atoms with E-state index in [1.807, 2.05) is 25.1 Å². The molecule has 0 amide bonds. The molecule has 0 N–H and O–H groups in total. The molecule has 0 nitrogen and oxygen atoms in total. The second kappa shape index (κ2) is 11.4. The van der Waals surface area contributed by atoms with E-state index in [2.05, 4.69) is 30.9 Å². The van der Waals surface area contributed by atoms with Crippen molar-refractivity contribution in [3.05, 3.63) is 89.0 Å². The van der Waals surface area contributed by atoms with Crippen LogP contribution in [0.5, 0.6) is 0 Å². The monoisotopic (exact) mass is 488 g/mol. The molecule has 3 aliphatic carbocycles. The van der Waals surface area contributed by atoms with Crippen molar-refractivity contribution in [3.8, 4) is 0 Å². The molecule has 36 heavy (non-hydrogen) atoms. The quantitative estimate of drug-likeness (QED) is 0.355. The highest BCUT2D eigenvalue weighted by Crippen LogP contribution is 2.44. The molecule has 2 fully saturated rings. The Morgan fingerprint density at radius 2 is 1.42 bits per heavy atom. The number of aryl methyl sites for hydroxylation is 1. The van der Waals surface area contributed by atoms with Gasteiger partial charge in [0.2, 0.25) is 0 Å². The first-order chi connectivity index (χ1) is 17.6. The van der Waals surface area contributed by atoms with Crippen LogP contribution in [0.3, 0.4) is 0 Å². The van der Waals surface area contributed by atoms with Gasteiger partial charge in [0.25, 0.3) is 0 Å². The van der Waals surface area contributed by atoms with E-state index in [-0.39, 0.29) is 11.6 Å². The van der Waals surface area contributed by atoms with Gasteiger partial charge in [-0.2, -0.15) is 0 Å². The number of hydrogen-bond donors (Lipinski definition) is 0. The van der Waals surface area contributed by atoms with Crippen molar-refractivity contribution in [3.63, 3.8) is 0 Å². The predicted molar refractivity (Wildman–Crippen MR) is 147 cm³/mol. The Morgan fingerprint density at radius 1 is 0.778 bits per heavy atom. The molecular weight excluding hydrogens is 446 g/mol. The Bertz CT molecular complexity index is 1080. The van der Waals surface area contributed by atoms with Crippen molar-refractivity contribution < 1.29 is 8.78 Å². The van der Waals surface area contributed by atoms with Crippen LogP contribution < -0.4 is 0 Å². The summed E-state index contributed by atoms with van der Waals surface area (Å²) in [6, 6.07) is 12.0. The fraction of sp³-hybridized carbons (Fsp3) is 0.529. The molecule has 2 saturated carbocycles. The van der Waals surface area contributed by atoms with Crippen LogP contribution in [0.25, 0.3) is 5.57 Å². The van der Waals surface area contributed by atoms with E-state index < -0.39 is 0 Å². The zero-order chi connectivity index (χ0) is 25.1. The minimum Gasteiger partial charge on any atom is -0.207 e. The Balaban J connectivity index is 1.16. The van der Waals surface area contributed by atoms with Gasteiger partial charge in [-0.3, -0.25) is 0 Å². The normalized spacial score (nSPS) is 29.0. The van der Waals surface area contributed by atoms with Gasteiger partial charge in [-0.05, 0) is 141 Å². The third-order valence-corrected chi connectivity index (χ3v) is 9.74. The number of halogens is 2. The van der Waals surface area contributed by atoms with Crippen LogP contribution in [0, 0.1) is 29.4 Å². The summed E-state index contributed by atoms with van der Waals surface area (Å²) in [6.45, 7) is 5.95. The van der Waals surface area contributed by atoms with E-state index in [0.717, 1.165) is 68.4 Å². The summed E-state index contributed by atoms with van der Waals surface area (Å²) in [4.78, 5) is 0. The van der Waals surface area contributed by atoms with E-state index in [4.69, 9.17) is 0 Å². The van der Waals surface area contributed by atoms with Gasteiger partial charge >= 0.3 is 0 Å². The molecular formula is C34H42F2. The van der Waals surface area contributed by atoms with Crippen molar-refractivity contribution in [2.75, 3.05) is 0 Å². The van der Waals surface area contributed by atoms with Crippen LogP contribution in [-0.2, 0) is 6.42 Å². The summed E-state index contributed by atoms with van der Waals surface area (Å²) in [5.41, 5.74) is 5.19.